The molecule has 5 heterocycles. The summed E-state index contributed by atoms with van der Waals surface area (Å²) in [5.41, 5.74) is 2.10. The van der Waals surface area contributed by atoms with E-state index < -0.39 is 6.23 Å². The smallest absolute Gasteiger partial charge is 0.216 e. The van der Waals surface area contributed by atoms with Crippen molar-refractivity contribution >= 4 is 43.7 Å². The van der Waals surface area contributed by atoms with Gasteiger partial charge in [0.1, 0.15) is 28.7 Å². The number of anilines is 3. The van der Waals surface area contributed by atoms with Crippen LogP contribution >= 0.6 is 22.7 Å². The second-order valence-corrected chi connectivity index (χ2v) is 12.9. The molecule has 2 N–H and O–H groups in total. The molecule has 2 fully saturated rings. The van der Waals surface area contributed by atoms with Crippen LogP contribution < -0.4 is 9.80 Å². The molecule has 0 amide bonds. The van der Waals surface area contributed by atoms with Gasteiger partial charge >= 0.3 is 0 Å². The van der Waals surface area contributed by atoms with Crippen LogP contribution in [0.5, 0.6) is 0 Å². The Bertz CT molecular complexity index is 1610. The van der Waals surface area contributed by atoms with Gasteiger partial charge in [-0.2, -0.15) is 9.78 Å². The van der Waals surface area contributed by atoms with Gasteiger partial charge in [-0.15, -0.1) is 5.10 Å². The standard InChI is InChI=1S/C28H34FN9O2S2/c1-5-21-24(35(4)26-32-23(22(12-30)41-26)17-6-8-18(29)9-7-17)38-27(31-21)42-28(33-38)36-11-10-19(13-36)34(3)16(2)25(40)37-14-20(39)15-37/h6-9,16,19-20,25,39-40H,5,10-11,13-15H2,1-4H3/t16?,19-,25?/m1/s1. The van der Waals surface area contributed by atoms with E-state index in [1.54, 1.807) is 23.5 Å². The van der Waals surface area contributed by atoms with E-state index in [0.29, 0.717) is 40.8 Å². The molecule has 3 aromatic heterocycles. The number of imidazole rings is 1. The number of β-amino-alcohol motifs (C(OH)–C–C–N with tert-alkyl or cyclic N) is 1. The number of benzene rings is 1. The lowest BCUT2D eigenvalue weighted by Crippen LogP contribution is -2.61. The Labute approximate surface area is 251 Å². The zero-order valence-electron chi connectivity index (χ0n) is 24.0. The normalized spacial score (nSPS) is 19.4. The molecule has 2 aliphatic rings. The van der Waals surface area contributed by atoms with E-state index in [0.717, 1.165) is 41.1 Å². The van der Waals surface area contributed by atoms with Gasteiger partial charge in [0.2, 0.25) is 10.1 Å². The predicted octanol–water partition coefficient (Wildman–Crippen LogP) is 3.15. The van der Waals surface area contributed by atoms with Crippen LogP contribution in [-0.2, 0) is 6.42 Å². The molecule has 4 aromatic rings. The molecule has 1 aromatic carbocycles. The summed E-state index contributed by atoms with van der Waals surface area (Å²) >= 11 is 2.83. The molecule has 3 atom stereocenters. The summed E-state index contributed by atoms with van der Waals surface area (Å²) in [6.07, 6.45) is 0.697. The van der Waals surface area contributed by atoms with Gasteiger partial charge in [0.15, 0.2) is 10.9 Å². The summed E-state index contributed by atoms with van der Waals surface area (Å²) in [7, 11) is 3.96. The molecule has 11 nitrogen and oxygen atoms in total. The zero-order valence-corrected chi connectivity index (χ0v) is 25.6. The van der Waals surface area contributed by atoms with Crippen molar-refractivity contribution in [3.8, 4) is 17.3 Å². The van der Waals surface area contributed by atoms with Gasteiger partial charge in [-0.1, -0.05) is 29.6 Å². The number of hydrogen-bond donors (Lipinski definition) is 2. The molecule has 2 saturated heterocycles. The van der Waals surface area contributed by atoms with E-state index in [9.17, 15) is 19.9 Å². The molecule has 0 spiro atoms. The number of aliphatic hydroxyl groups is 2. The van der Waals surface area contributed by atoms with E-state index in [-0.39, 0.29) is 24.0 Å². The summed E-state index contributed by atoms with van der Waals surface area (Å²) in [5, 5.41) is 36.7. The summed E-state index contributed by atoms with van der Waals surface area (Å²) in [6, 6.07) is 8.43. The van der Waals surface area contributed by atoms with Crippen molar-refractivity contribution in [1.82, 2.24) is 29.4 Å². The Hall–Kier alpha value is -3.19. The number of aromatic nitrogens is 4. The monoisotopic (exact) mass is 611 g/mol. The number of likely N-dealkylation sites (tertiary alicyclic amines) is 1. The van der Waals surface area contributed by atoms with Crippen LogP contribution in [0.2, 0.25) is 0 Å². The molecule has 222 valence electrons. The molecule has 2 unspecified atom stereocenters. The van der Waals surface area contributed by atoms with Crippen LogP contribution in [0, 0.1) is 17.1 Å². The van der Waals surface area contributed by atoms with Crippen molar-refractivity contribution in [3.05, 3.63) is 40.7 Å². The Kier molecular flexibility index (Phi) is 7.90. The summed E-state index contributed by atoms with van der Waals surface area (Å²) in [6.45, 7) is 6.74. The lowest BCUT2D eigenvalue weighted by molar-refractivity contribution is -0.128. The average molecular weight is 612 g/mol. The van der Waals surface area contributed by atoms with E-state index in [2.05, 4.69) is 29.8 Å². The lowest BCUT2D eigenvalue weighted by Gasteiger charge is -2.44. The Morgan fingerprint density at radius 2 is 1.90 bits per heavy atom. The first-order valence-corrected chi connectivity index (χ1v) is 15.7. The van der Waals surface area contributed by atoms with Gasteiger partial charge in [-0.25, -0.2) is 14.4 Å². The SMILES string of the molecule is CCc1nc2sc(N3CC[C@@H](N(C)C(C)C(O)N4CC(O)C4)C3)nn2c1N(C)c1nc(-c2ccc(F)cc2)c(C#N)s1. The fraction of sp³-hybridized carbons (Fsp3) is 0.500. The highest BCUT2D eigenvalue weighted by Crippen LogP contribution is 2.38. The van der Waals surface area contributed by atoms with Crippen molar-refractivity contribution in [3.63, 3.8) is 0 Å². The highest BCUT2D eigenvalue weighted by atomic mass is 32.1. The third kappa shape index (κ3) is 5.14. The molecular formula is C28H34FN9O2S2. The highest BCUT2D eigenvalue weighted by Gasteiger charge is 2.38. The number of nitrogens with zero attached hydrogens (tertiary/aromatic N) is 9. The number of fused-ring (bicyclic) bond motifs is 1. The van der Waals surface area contributed by atoms with Gasteiger partial charge in [0.05, 0.1) is 11.8 Å². The Morgan fingerprint density at radius 3 is 2.57 bits per heavy atom. The van der Waals surface area contributed by atoms with Crippen LogP contribution in [-0.4, -0.2) is 104 Å². The maximum atomic E-state index is 13.5. The first kappa shape index (κ1) is 28.9. The zero-order chi connectivity index (χ0) is 29.7. The number of aliphatic hydroxyl groups excluding tert-OH is 2. The maximum absolute atomic E-state index is 13.5. The van der Waals surface area contributed by atoms with Gasteiger partial charge < -0.3 is 20.0 Å². The van der Waals surface area contributed by atoms with Gasteiger partial charge in [-0.05, 0) is 51.1 Å². The topological polar surface area (TPSA) is 120 Å². The summed E-state index contributed by atoms with van der Waals surface area (Å²) < 4.78 is 15.4. The minimum Gasteiger partial charge on any atom is -0.390 e. The average Bonchev–Trinajstić information content (AvgIpc) is 3.76. The van der Waals surface area contributed by atoms with Crippen LogP contribution in [0.3, 0.4) is 0 Å². The van der Waals surface area contributed by atoms with Gasteiger partial charge in [0.25, 0.3) is 0 Å². The summed E-state index contributed by atoms with van der Waals surface area (Å²) in [4.78, 5) is 19.2. The second-order valence-electron chi connectivity index (χ2n) is 11.0. The maximum Gasteiger partial charge on any atom is 0.216 e. The number of thiazole rings is 1. The van der Waals surface area contributed by atoms with E-state index in [1.165, 1.54) is 23.5 Å². The number of nitriles is 1. The summed E-state index contributed by atoms with van der Waals surface area (Å²) in [5.74, 6) is 0.467. The molecule has 0 radical (unpaired) electrons. The van der Waals surface area contributed by atoms with Crippen LogP contribution in [0.15, 0.2) is 24.3 Å². The van der Waals surface area contributed by atoms with Gasteiger partial charge in [0, 0.05) is 50.9 Å². The first-order valence-electron chi connectivity index (χ1n) is 14.0. The second kappa shape index (κ2) is 11.5. The molecular weight excluding hydrogens is 578 g/mol. The number of rotatable bonds is 9. The molecule has 14 heteroatoms. The first-order chi connectivity index (χ1) is 20.2. The molecule has 0 saturated carbocycles. The fourth-order valence-corrected chi connectivity index (χ4v) is 7.49. The van der Waals surface area contributed by atoms with E-state index in [4.69, 9.17) is 15.1 Å². The van der Waals surface area contributed by atoms with Crippen LogP contribution in [0.4, 0.5) is 20.5 Å². The van der Waals surface area contributed by atoms with E-state index >= 15 is 0 Å². The largest absolute Gasteiger partial charge is 0.390 e. The quantitative estimate of drug-likeness (QED) is 0.292. The highest BCUT2D eigenvalue weighted by molar-refractivity contribution is 7.20. The van der Waals surface area contributed by atoms with Crippen molar-refractivity contribution in [1.29, 1.82) is 5.26 Å². The molecule has 0 bridgehead atoms. The number of hydrogen-bond acceptors (Lipinski definition) is 12. The van der Waals surface area contributed by atoms with Crippen molar-refractivity contribution in [2.24, 2.45) is 0 Å². The number of halogens is 1. The Morgan fingerprint density at radius 1 is 1.17 bits per heavy atom. The number of aryl methyl sites for hydroxylation is 1. The van der Waals surface area contributed by atoms with Crippen LogP contribution in [0.25, 0.3) is 16.2 Å². The molecule has 0 aliphatic carbocycles. The van der Waals surface area contributed by atoms with Crippen LogP contribution in [0.1, 0.15) is 30.8 Å². The minimum absolute atomic E-state index is 0.0696. The Balaban J connectivity index is 1.23. The van der Waals surface area contributed by atoms with Crippen molar-refractivity contribution < 1.29 is 14.6 Å². The molecule has 6 rings (SSSR count). The predicted molar refractivity (Wildman–Crippen MR) is 162 cm³/mol. The van der Waals surface area contributed by atoms with Crippen molar-refractivity contribution in [2.45, 2.75) is 51.1 Å². The third-order valence-corrected chi connectivity index (χ3v) is 10.4. The van der Waals surface area contributed by atoms with Gasteiger partial charge in [-0.3, -0.25) is 9.80 Å². The minimum atomic E-state index is -0.614. The van der Waals surface area contributed by atoms with E-state index in [1.807, 2.05) is 28.3 Å². The third-order valence-electron chi connectivity index (χ3n) is 8.36. The number of likely N-dealkylation sites (N-methyl/N-ethyl adjacent to an activating group) is 1. The molecule has 42 heavy (non-hydrogen) atoms. The fourth-order valence-electron chi connectivity index (χ4n) is 5.69. The van der Waals surface area contributed by atoms with Crippen molar-refractivity contribution in [2.75, 3.05) is 50.1 Å². The molecule has 2 aliphatic heterocycles. The lowest BCUT2D eigenvalue weighted by atomic mass is 10.1.